The summed E-state index contributed by atoms with van der Waals surface area (Å²) in [6, 6.07) is 0.654. The van der Waals surface area contributed by atoms with Gasteiger partial charge in [0.1, 0.15) is 11.6 Å². The molecule has 18 heavy (non-hydrogen) atoms. The van der Waals surface area contributed by atoms with Gasteiger partial charge in [-0.25, -0.2) is 0 Å². The van der Waals surface area contributed by atoms with Crippen LogP contribution in [0.25, 0.3) is 0 Å². The average molecular weight is 248 g/mol. The second kappa shape index (κ2) is 4.65. The largest absolute Gasteiger partial charge is 0.317 e. The second-order valence-electron chi connectivity index (χ2n) is 6.19. The van der Waals surface area contributed by atoms with Crippen LogP contribution in [0.4, 0.5) is 0 Å². The maximum atomic E-state index is 4.54. The van der Waals surface area contributed by atoms with Crippen molar-refractivity contribution in [3.05, 3.63) is 11.6 Å². The lowest BCUT2D eigenvalue weighted by molar-refractivity contribution is 0.297. The molecule has 3 rings (SSSR count). The van der Waals surface area contributed by atoms with E-state index >= 15 is 0 Å². The fourth-order valence-electron chi connectivity index (χ4n) is 3.58. The van der Waals surface area contributed by atoms with E-state index in [-0.39, 0.29) is 5.41 Å². The van der Waals surface area contributed by atoms with E-state index in [1.807, 2.05) is 0 Å². The number of hydrogen-bond acceptors (Lipinski definition) is 3. The predicted octanol–water partition coefficient (Wildman–Crippen LogP) is 2.34. The summed E-state index contributed by atoms with van der Waals surface area (Å²) in [7, 11) is 0. The summed E-state index contributed by atoms with van der Waals surface area (Å²) >= 11 is 0. The first-order valence-electron chi connectivity index (χ1n) is 7.33. The van der Waals surface area contributed by atoms with Gasteiger partial charge in [0.25, 0.3) is 0 Å². The van der Waals surface area contributed by atoms with Crippen LogP contribution in [-0.4, -0.2) is 27.9 Å². The molecule has 0 bridgehead atoms. The Balaban J connectivity index is 1.96. The average Bonchev–Trinajstić information content (AvgIpc) is 2.98. The van der Waals surface area contributed by atoms with Crippen LogP contribution < -0.4 is 5.32 Å². The number of aryl methyl sites for hydroxylation is 1. The van der Waals surface area contributed by atoms with Gasteiger partial charge >= 0.3 is 0 Å². The van der Waals surface area contributed by atoms with Crippen molar-refractivity contribution in [2.24, 2.45) is 0 Å². The minimum atomic E-state index is 0.217. The highest BCUT2D eigenvalue weighted by Gasteiger charge is 2.36. The topological polar surface area (TPSA) is 42.7 Å². The lowest BCUT2D eigenvalue weighted by atomic mass is 9.80. The van der Waals surface area contributed by atoms with Gasteiger partial charge in [0, 0.05) is 11.5 Å². The summed E-state index contributed by atoms with van der Waals surface area (Å²) in [5.74, 6) is 2.35. The molecule has 0 atom stereocenters. The molecule has 0 amide bonds. The minimum Gasteiger partial charge on any atom is -0.317 e. The van der Waals surface area contributed by atoms with Crippen LogP contribution in [0.1, 0.15) is 63.1 Å². The summed E-state index contributed by atoms with van der Waals surface area (Å²) in [6.45, 7) is 6.68. The first kappa shape index (κ1) is 12.2. The Morgan fingerprint density at radius 3 is 2.50 bits per heavy atom. The monoisotopic (exact) mass is 248 g/mol. The Hall–Kier alpha value is -0.900. The molecule has 1 N–H and O–H groups in total. The maximum Gasteiger partial charge on any atom is 0.139 e. The van der Waals surface area contributed by atoms with Gasteiger partial charge in [-0.15, -0.1) is 10.2 Å². The van der Waals surface area contributed by atoms with E-state index in [9.17, 15) is 0 Å². The van der Waals surface area contributed by atoms with E-state index in [1.54, 1.807) is 0 Å². The quantitative estimate of drug-likeness (QED) is 0.873. The number of rotatable bonds is 2. The van der Waals surface area contributed by atoms with Gasteiger partial charge in [0.05, 0.1) is 0 Å². The van der Waals surface area contributed by atoms with Gasteiger partial charge in [0.15, 0.2) is 0 Å². The molecule has 0 radical (unpaired) electrons. The van der Waals surface area contributed by atoms with Crippen molar-refractivity contribution in [2.45, 2.75) is 63.8 Å². The van der Waals surface area contributed by atoms with Gasteiger partial charge in [-0.1, -0.05) is 19.8 Å². The third-order valence-electron chi connectivity index (χ3n) is 4.80. The van der Waals surface area contributed by atoms with Gasteiger partial charge in [-0.05, 0) is 45.7 Å². The molecule has 1 aromatic heterocycles. The van der Waals surface area contributed by atoms with Crippen LogP contribution in [-0.2, 0) is 5.41 Å². The molecule has 4 nitrogen and oxygen atoms in total. The van der Waals surface area contributed by atoms with Crippen molar-refractivity contribution < 1.29 is 0 Å². The Morgan fingerprint density at radius 1 is 1.17 bits per heavy atom. The Labute approximate surface area is 109 Å². The minimum absolute atomic E-state index is 0.217. The number of hydrogen-bond donors (Lipinski definition) is 1. The van der Waals surface area contributed by atoms with E-state index < -0.39 is 0 Å². The molecule has 0 aromatic carbocycles. The van der Waals surface area contributed by atoms with E-state index in [1.165, 1.54) is 44.3 Å². The molecule has 1 saturated heterocycles. The molecular formula is C14H24N4. The zero-order valence-electron chi connectivity index (χ0n) is 11.6. The van der Waals surface area contributed by atoms with E-state index in [0.29, 0.717) is 6.04 Å². The lowest BCUT2D eigenvalue weighted by Crippen LogP contribution is -2.40. The zero-order valence-corrected chi connectivity index (χ0v) is 11.6. The Bertz CT molecular complexity index is 411. The molecule has 2 fully saturated rings. The molecule has 2 aliphatic rings. The van der Waals surface area contributed by atoms with Crippen molar-refractivity contribution in [1.29, 1.82) is 0 Å². The van der Waals surface area contributed by atoms with Gasteiger partial charge in [-0.2, -0.15) is 0 Å². The third kappa shape index (κ3) is 1.96. The van der Waals surface area contributed by atoms with E-state index in [2.05, 4.69) is 33.9 Å². The van der Waals surface area contributed by atoms with Gasteiger partial charge in [-0.3, -0.25) is 0 Å². The summed E-state index contributed by atoms with van der Waals surface area (Å²) in [4.78, 5) is 0. The summed E-state index contributed by atoms with van der Waals surface area (Å²) in [5.41, 5.74) is 0.217. The fraction of sp³-hybridized carbons (Fsp3) is 0.857. The number of piperidine rings is 1. The van der Waals surface area contributed by atoms with Crippen LogP contribution >= 0.6 is 0 Å². The van der Waals surface area contributed by atoms with Crippen molar-refractivity contribution in [2.75, 3.05) is 13.1 Å². The summed E-state index contributed by atoms with van der Waals surface area (Å²) in [5, 5.41) is 12.4. The number of aromatic nitrogens is 3. The summed E-state index contributed by atoms with van der Waals surface area (Å²) in [6.07, 6.45) is 7.69. The molecule has 0 unspecified atom stereocenters. The standard InChI is InChI=1S/C14H24N4/c1-11-16-17-13(14(2)7-9-15-10-8-14)18(11)12-5-3-4-6-12/h12,15H,3-10H2,1-2H3. The van der Waals surface area contributed by atoms with Crippen molar-refractivity contribution in [3.8, 4) is 0 Å². The zero-order chi connectivity index (χ0) is 12.6. The Morgan fingerprint density at radius 2 is 1.83 bits per heavy atom. The molecule has 1 aliphatic heterocycles. The predicted molar refractivity (Wildman–Crippen MR) is 71.7 cm³/mol. The van der Waals surface area contributed by atoms with Crippen molar-refractivity contribution in [1.82, 2.24) is 20.1 Å². The molecule has 1 aromatic rings. The first-order chi connectivity index (χ1) is 8.71. The van der Waals surface area contributed by atoms with Crippen LogP contribution in [0.5, 0.6) is 0 Å². The van der Waals surface area contributed by atoms with Crippen molar-refractivity contribution in [3.63, 3.8) is 0 Å². The molecule has 1 aliphatic carbocycles. The smallest absolute Gasteiger partial charge is 0.139 e. The normalized spacial score (nSPS) is 24.6. The number of nitrogens with zero attached hydrogens (tertiary/aromatic N) is 3. The number of nitrogens with one attached hydrogen (secondary N) is 1. The molecule has 100 valence electrons. The molecular weight excluding hydrogens is 224 g/mol. The fourth-order valence-corrected chi connectivity index (χ4v) is 3.58. The van der Waals surface area contributed by atoms with Crippen LogP contribution in [0.2, 0.25) is 0 Å². The molecule has 4 heteroatoms. The maximum absolute atomic E-state index is 4.54. The highest BCUT2D eigenvalue weighted by Crippen LogP contribution is 2.37. The van der Waals surface area contributed by atoms with Gasteiger partial charge in [0.2, 0.25) is 0 Å². The van der Waals surface area contributed by atoms with Crippen molar-refractivity contribution >= 4 is 0 Å². The van der Waals surface area contributed by atoms with Crippen LogP contribution in [0.15, 0.2) is 0 Å². The third-order valence-corrected chi connectivity index (χ3v) is 4.80. The Kier molecular flexibility index (Phi) is 3.14. The highest BCUT2D eigenvalue weighted by molar-refractivity contribution is 5.12. The lowest BCUT2D eigenvalue weighted by Gasteiger charge is -2.34. The SMILES string of the molecule is Cc1nnc(C2(C)CCNCC2)n1C1CCCC1. The van der Waals surface area contributed by atoms with Gasteiger partial charge < -0.3 is 9.88 Å². The second-order valence-corrected chi connectivity index (χ2v) is 6.19. The van der Waals surface area contributed by atoms with E-state index in [0.717, 1.165) is 18.9 Å². The molecule has 1 saturated carbocycles. The highest BCUT2D eigenvalue weighted by atomic mass is 15.3. The summed E-state index contributed by atoms with van der Waals surface area (Å²) < 4.78 is 2.46. The first-order valence-corrected chi connectivity index (χ1v) is 7.33. The van der Waals surface area contributed by atoms with E-state index in [4.69, 9.17) is 0 Å². The van der Waals surface area contributed by atoms with Crippen LogP contribution in [0.3, 0.4) is 0 Å². The van der Waals surface area contributed by atoms with Crippen LogP contribution in [0, 0.1) is 6.92 Å². The molecule has 2 heterocycles. The molecule has 0 spiro atoms.